The van der Waals surface area contributed by atoms with Gasteiger partial charge in [0.05, 0.1) is 5.52 Å². The molecule has 0 fully saturated rings. The molecule has 1 N–H and O–H groups in total. The maximum Gasteiger partial charge on any atom is 0.177 e. The summed E-state index contributed by atoms with van der Waals surface area (Å²) in [7, 11) is 0. The van der Waals surface area contributed by atoms with E-state index >= 15 is 0 Å². The van der Waals surface area contributed by atoms with Crippen molar-refractivity contribution in [1.29, 1.82) is 0 Å². The minimum absolute atomic E-state index is 0. The second-order valence-electron chi connectivity index (χ2n) is 3.74. The van der Waals surface area contributed by atoms with Crippen LogP contribution in [0, 0.1) is 6.92 Å². The highest BCUT2D eigenvalue weighted by atomic mass is 15.0. The summed E-state index contributed by atoms with van der Waals surface area (Å²) in [6.07, 6.45) is 1.11. The molecule has 0 amide bonds. The summed E-state index contributed by atoms with van der Waals surface area (Å²) in [5.41, 5.74) is 2.99. The van der Waals surface area contributed by atoms with Crippen molar-refractivity contribution in [2.45, 2.75) is 47.0 Å². The van der Waals surface area contributed by atoms with Gasteiger partial charge in [-0.1, -0.05) is 27.7 Å². The van der Waals surface area contributed by atoms with E-state index < -0.39 is 0 Å². The Hall–Kier alpha value is -1.38. The minimum Gasteiger partial charge on any atom is -0.341 e. The molecule has 2 aromatic heterocycles. The van der Waals surface area contributed by atoms with Crippen LogP contribution in [-0.2, 0) is 0 Å². The van der Waals surface area contributed by atoms with Crippen LogP contribution < -0.4 is 0 Å². The quantitative estimate of drug-likeness (QED) is 0.831. The van der Waals surface area contributed by atoms with E-state index in [0.717, 1.165) is 29.1 Å². The number of rotatable bonds is 2. The summed E-state index contributed by atoms with van der Waals surface area (Å²) >= 11 is 0. The molecule has 0 aliphatic rings. The van der Waals surface area contributed by atoms with Crippen molar-refractivity contribution in [2.24, 2.45) is 0 Å². The Morgan fingerprint density at radius 1 is 1.31 bits per heavy atom. The van der Waals surface area contributed by atoms with Crippen molar-refractivity contribution in [3.8, 4) is 0 Å². The molecule has 0 aromatic carbocycles. The lowest BCUT2D eigenvalue weighted by molar-refractivity contribution is 0.711. The molecule has 0 spiro atoms. The van der Waals surface area contributed by atoms with Gasteiger partial charge in [-0.25, -0.2) is 9.97 Å². The fourth-order valence-corrected chi connectivity index (χ4v) is 1.51. The SMILES string of the molecule is CC.CCC(C)c1ccc2[nH]c(C)nc2n1.[HH]. The second kappa shape index (κ2) is 5.64. The van der Waals surface area contributed by atoms with Crippen molar-refractivity contribution in [3.05, 3.63) is 23.7 Å². The molecule has 0 saturated carbocycles. The molecule has 90 valence electrons. The third-order valence-electron chi connectivity index (χ3n) is 2.60. The third-order valence-corrected chi connectivity index (χ3v) is 2.60. The summed E-state index contributed by atoms with van der Waals surface area (Å²) in [5, 5.41) is 0. The van der Waals surface area contributed by atoms with Crippen LogP contribution in [0.15, 0.2) is 12.1 Å². The Labute approximate surface area is 98.8 Å². The fraction of sp³-hybridized carbons (Fsp3) is 0.538. The molecule has 0 saturated heterocycles. The molecular weight excluding hydrogens is 198 g/mol. The minimum atomic E-state index is 0. The standard InChI is InChI=1S/C11H15N3.C2H6.H2/c1-4-7(2)9-5-6-10-11(14-9)13-8(3)12-10;1-2;/h5-7H,4H2,1-3H3,(H,12,13,14);1-2H3;1H. The Bertz CT molecular complexity index is 451. The Morgan fingerprint density at radius 3 is 2.62 bits per heavy atom. The average Bonchev–Trinajstić information content (AvgIpc) is 2.69. The van der Waals surface area contributed by atoms with E-state index in [0.29, 0.717) is 5.92 Å². The molecule has 0 radical (unpaired) electrons. The summed E-state index contributed by atoms with van der Waals surface area (Å²) in [6.45, 7) is 10.3. The second-order valence-corrected chi connectivity index (χ2v) is 3.74. The molecule has 0 aliphatic carbocycles. The first-order chi connectivity index (χ1) is 7.70. The number of fused-ring (bicyclic) bond motifs is 1. The summed E-state index contributed by atoms with van der Waals surface area (Å²) in [6, 6.07) is 4.14. The molecule has 2 aromatic rings. The molecule has 3 nitrogen and oxygen atoms in total. The number of nitrogens with zero attached hydrogens (tertiary/aromatic N) is 2. The van der Waals surface area contributed by atoms with E-state index in [1.807, 2.05) is 20.8 Å². The monoisotopic (exact) mass is 221 g/mol. The molecule has 16 heavy (non-hydrogen) atoms. The molecule has 1 atom stereocenters. The van der Waals surface area contributed by atoms with E-state index in [-0.39, 0.29) is 1.43 Å². The smallest absolute Gasteiger partial charge is 0.177 e. The Kier molecular flexibility index (Phi) is 4.47. The zero-order valence-electron chi connectivity index (χ0n) is 10.8. The predicted molar refractivity (Wildman–Crippen MR) is 70.8 cm³/mol. The molecule has 0 bridgehead atoms. The fourth-order valence-electron chi connectivity index (χ4n) is 1.51. The van der Waals surface area contributed by atoms with Gasteiger partial charge in [-0.3, -0.25) is 0 Å². The molecular formula is C13H23N3. The average molecular weight is 221 g/mol. The zero-order valence-corrected chi connectivity index (χ0v) is 10.8. The number of aryl methyl sites for hydroxylation is 1. The van der Waals surface area contributed by atoms with Gasteiger partial charge in [0.2, 0.25) is 0 Å². The van der Waals surface area contributed by atoms with Crippen molar-refractivity contribution in [2.75, 3.05) is 0 Å². The van der Waals surface area contributed by atoms with Gasteiger partial charge in [0, 0.05) is 7.12 Å². The normalized spacial score (nSPS) is 12.1. The van der Waals surface area contributed by atoms with Crippen LogP contribution in [0.4, 0.5) is 0 Å². The highest BCUT2D eigenvalue weighted by molar-refractivity contribution is 5.70. The van der Waals surface area contributed by atoms with Crippen molar-refractivity contribution in [1.82, 2.24) is 15.0 Å². The predicted octanol–water partition coefficient (Wildman–Crippen LogP) is 4.05. The number of aromatic amines is 1. The molecule has 0 aliphatic heterocycles. The van der Waals surface area contributed by atoms with Crippen molar-refractivity contribution in [3.63, 3.8) is 0 Å². The Morgan fingerprint density at radius 2 is 2.00 bits per heavy atom. The third kappa shape index (κ3) is 2.60. The van der Waals surface area contributed by atoms with Crippen LogP contribution in [0.5, 0.6) is 0 Å². The zero-order chi connectivity index (χ0) is 12.1. The van der Waals surface area contributed by atoms with Crippen LogP contribution in [-0.4, -0.2) is 15.0 Å². The summed E-state index contributed by atoms with van der Waals surface area (Å²) in [5.74, 6) is 1.44. The van der Waals surface area contributed by atoms with Crippen LogP contribution in [0.2, 0.25) is 0 Å². The van der Waals surface area contributed by atoms with Crippen LogP contribution in [0.1, 0.15) is 53.0 Å². The molecule has 3 heteroatoms. The van der Waals surface area contributed by atoms with E-state index in [4.69, 9.17) is 0 Å². The van der Waals surface area contributed by atoms with Gasteiger partial charge in [-0.2, -0.15) is 0 Å². The number of aromatic nitrogens is 3. The largest absolute Gasteiger partial charge is 0.341 e. The first-order valence-corrected chi connectivity index (χ1v) is 6.04. The maximum atomic E-state index is 4.52. The lowest BCUT2D eigenvalue weighted by Crippen LogP contribution is -1.95. The van der Waals surface area contributed by atoms with Gasteiger partial charge in [-0.05, 0) is 31.4 Å². The lowest BCUT2D eigenvalue weighted by atomic mass is 10.0. The number of imidazole rings is 1. The van der Waals surface area contributed by atoms with Gasteiger partial charge in [-0.15, -0.1) is 0 Å². The molecule has 2 rings (SSSR count). The van der Waals surface area contributed by atoms with Gasteiger partial charge in [0.15, 0.2) is 5.65 Å². The van der Waals surface area contributed by atoms with Gasteiger partial charge < -0.3 is 4.98 Å². The number of hydrogen-bond acceptors (Lipinski definition) is 2. The van der Waals surface area contributed by atoms with Gasteiger partial charge in [0.1, 0.15) is 5.82 Å². The van der Waals surface area contributed by atoms with Gasteiger partial charge >= 0.3 is 0 Å². The van der Waals surface area contributed by atoms with Crippen LogP contribution >= 0.6 is 0 Å². The summed E-state index contributed by atoms with van der Waals surface area (Å²) < 4.78 is 0. The van der Waals surface area contributed by atoms with Crippen LogP contribution in [0.25, 0.3) is 11.2 Å². The van der Waals surface area contributed by atoms with E-state index in [2.05, 4.69) is 40.9 Å². The van der Waals surface area contributed by atoms with E-state index in [1.54, 1.807) is 0 Å². The molecule has 2 heterocycles. The topological polar surface area (TPSA) is 41.6 Å². The van der Waals surface area contributed by atoms with Gasteiger partial charge in [0.25, 0.3) is 0 Å². The Balaban J connectivity index is 0.000000811. The highest BCUT2D eigenvalue weighted by Crippen LogP contribution is 2.18. The molecule has 1 unspecified atom stereocenters. The summed E-state index contributed by atoms with van der Waals surface area (Å²) in [4.78, 5) is 12.0. The van der Waals surface area contributed by atoms with E-state index in [1.165, 1.54) is 0 Å². The van der Waals surface area contributed by atoms with Crippen molar-refractivity contribution >= 4 is 11.2 Å². The first kappa shape index (κ1) is 12.7. The highest BCUT2D eigenvalue weighted by Gasteiger charge is 2.07. The van der Waals surface area contributed by atoms with Crippen LogP contribution in [0.3, 0.4) is 0 Å². The van der Waals surface area contributed by atoms with Crippen molar-refractivity contribution < 1.29 is 1.43 Å². The first-order valence-electron chi connectivity index (χ1n) is 6.04. The number of pyridine rings is 1. The number of nitrogens with one attached hydrogen (secondary N) is 1. The van der Waals surface area contributed by atoms with E-state index in [9.17, 15) is 0 Å². The number of H-pyrrole nitrogens is 1. The number of hydrogen-bond donors (Lipinski definition) is 1. The lowest BCUT2D eigenvalue weighted by Gasteiger charge is -2.06. The maximum absolute atomic E-state index is 4.52.